The first-order valence-corrected chi connectivity index (χ1v) is 18.6. The van der Waals surface area contributed by atoms with Crippen LogP contribution in [0.4, 0.5) is 5.69 Å². The Labute approximate surface area is 308 Å². The van der Waals surface area contributed by atoms with Crippen molar-refractivity contribution in [2.24, 2.45) is 5.92 Å². The highest BCUT2D eigenvalue weighted by Crippen LogP contribution is 2.40. The third kappa shape index (κ3) is 4.50. The first-order valence-electron chi connectivity index (χ1n) is 18.6. The van der Waals surface area contributed by atoms with E-state index < -0.39 is 0 Å². The molecule has 1 aliphatic heterocycles. The van der Waals surface area contributed by atoms with Crippen LogP contribution in [0.3, 0.4) is 0 Å². The highest BCUT2D eigenvalue weighted by molar-refractivity contribution is 6.23. The Bertz CT molecular complexity index is 3040. The molecule has 2 aliphatic rings. The molecule has 0 saturated carbocycles. The van der Waals surface area contributed by atoms with Gasteiger partial charge in [-0.25, -0.2) is 0 Å². The summed E-state index contributed by atoms with van der Waals surface area (Å²) in [4.78, 5) is 0. The van der Waals surface area contributed by atoms with Crippen molar-refractivity contribution >= 4 is 60.6 Å². The number of para-hydroxylation sites is 4. The van der Waals surface area contributed by atoms with E-state index in [1.165, 1.54) is 94.1 Å². The molecule has 1 atom stereocenters. The van der Waals surface area contributed by atoms with Crippen molar-refractivity contribution in [1.29, 1.82) is 0 Å². The number of fused-ring (bicyclic) bond motifs is 7. The van der Waals surface area contributed by atoms with Gasteiger partial charge in [0.1, 0.15) is 16.6 Å². The van der Waals surface area contributed by atoms with Crippen LogP contribution in [0.5, 0.6) is 0 Å². The zero-order valence-corrected chi connectivity index (χ0v) is 29.4. The molecule has 0 radical (unpaired) electrons. The summed E-state index contributed by atoms with van der Waals surface area (Å²) >= 11 is 0. The van der Waals surface area contributed by atoms with E-state index in [1.807, 2.05) is 0 Å². The standard InChI is InChI=1S/C50H36N3/c1-33-14-5-6-19-39(33)36-15-13-16-37(30-36)50-42-22-9-12-25-48(42)53(50)52-47-24-11-8-21-41(47)44-32-35(27-29-49(44)52)34-26-28-46-43(31-34)40-20-7-10-23-45(40)51(46)38-17-3-2-4-18-38/h2-13,15-33H,14H2,1H3/q+1. The Morgan fingerprint density at radius 2 is 1.13 bits per heavy atom. The largest absolute Gasteiger partial charge is 0.309 e. The molecule has 0 spiro atoms. The summed E-state index contributed by atoms with van der Waals surface area (Å²) in [5.41, 5.74) is 16.1. The molecule has 3 heterocycles. The maximum atomic E-state index is 2.43. The van der Waals surface area contributed by atoms with Crippen molar-refractivity contribution in [1.82, 2.24) is 13.9 Å². The topological polar surface area (TPSA) is 12.9 Å². The molecule has 3 heteroatoms. The lowest BCUT2D eigenvalue weighted by Crippen LogP contribution is -2.37. The van der Waals surface area contributed by atoms with Gasteiger partial charge in [0.15, 0.2) is 0 Å². The molecular weight excluding hydrogens is 643 g/mol. The van der Waals surface area contributed by atoms with E-state index in [0.717, 1.165) is 6.42 Å². The summed E-state index contributed by atoms with van der Waals surface area (Å²) in [7, 11) is 0. The lowest BCUT2D eigenvalue weighted by molar-refractivity contribution is 0.683. The van der Waals surface area contributed by atoms with Crippen LogP contribution in [-0.4, -0.2) is 15.0 Å². The maximum absolute atomic E-state index is 2.43. The van der Waals surface area contributed by atoms with Gasteiger partial charge in [-0.05, 0) is 101 Å². The summed E-state index contributed by atoms with van der Waals surface area (Å²) in [6.07, 6.45) is 7.84. The zero-order chi connectivity index (χ0) is 35.0. The smallest absolute Gasteiger partial charge is 0.258 e. The first-order chi connectivity index (χ1) is 26.2. The average molecular weight is 679 g/mol. The minimum Gasteiger partial charge on any atom is -0.309 e. The molecule has 2 aromatic heterocycles. The normalized spacial score (nSPS) is 15.3. The quantitative estimate of drug-likeness (QED) is 0.161. The van der Waals surface area contributed by atoms with Gasteiger partial charge in [0.25, 0.3) is 11.4 Å². The van der Waals surface area contributed by atoms with Crippen molar-refractivity contribution in [3.8, 4) is 16.8 Å². The molecule has 7 aromatic carbocycles. The van der Waals surface area contributed by atoms with Gasteiger partial charge >= 0.3 is 0 Å². The summed E-state index contributed by atoms with van der Waals surface area (Å²) < 4.78 is 7.24. The van der Waals surface area contributed by atoms with Crippen LogP contribution < -0.4 is 4.68 Å². The molecule has 11 rings (SSSR count). The lowest BCUT2D eigenvalue weighted by atomic mass is 9.86. The van der Waals surface area contributed by atoms with Crippen LogP contribution in [0.2, 0.25) is 0 Å². The minimum atomic E-state index is 0.500. The SMILES string of the molecule is CC1CC=CC=C1c1cccc(C2=[N+](n3c4ccccc4c4cc(-c5ccc6c(c5)c5ccccc5n6-c5ccccc5)ccc43)c3ccccc32)c1. The Kier molecular flexibility index (Phi) is 6.59. The minimum absolute atomic E-state index is 0.500. The zero-order valence-electron chi connectivity index (χ0n) is 29.4. The molecular formula is C50H36N3+. The molecule has 250 valence electrons. The fraction of sp³-hybridized carbons (Fsp3) is 0.0600. The van der Waals surface area contributed by atoms with Crippen LogP contribution in [0.1, 0.15) is 30.0 Å². The van der Waals surface area contributed by atoms with Gasteiger partial charge < -0.3 is 4.57 Å². The molecule has 0 amide bonds. The highest BCUT2D eigenvalue weighted by Gasteiger charge is 2.40. The Morgan fingerprint density at radius 1 is 0.509 bits per heavy atom. The van der Waals surface area contributed by atoms with Crippen molar-refractivity contribution in [3.63, 3.8) is 0 Å². The second-order valence-corrected chi connectivity index (χ2v) is 14.4. The second-order valence-electron chi connectivity index (χ2n) is 14.4. The van der Waals surface area contributed by atoms with Crippen LogP contribution >= 0.6 is 0 Å². The number of rotatable bonds is 5. The van der Waals surface area contributed by atoms with E-state index in [2.05, 4.69) is 203 Å². The Hall–Kier alpha value is -6.71. The Morgan fingerprint density at radius 3 is 1.94 bits per heavy atom. The molecule has 3 nitrogen and oxygen atoms in total. The van der Waals surface area contributed by atoms with Crippen LogP contribution in [0.15, 0.2) is 182 Å². The second kappa shape index (κ2) is 11.7. The monoisotopic (exact) mass is 678 g/mol. The Balaban J connectivity index is 1.10. The molecule has 0 fully saturated rings. The van der Waals surface area contributed by atoms with Gasteiger partial charge in [0, 0.05) is 33.3 Å². The van der Waals surface area contributed by atoms with Crippen molar-refractivity contribution in [2.75, 3.05) is 0 Å². The summed E-state index contributed by atoms with van der Waals surface area (Å²) in [6, 6.07) is 60.2. The third-order valence-corrected chi connectivity index (χ3v) is 11.4. The number of hydrogen-bond acceptors (Lipinski definition) is 0. The maximum Gasteiger partial charge on any atom is 0.258 e. The van der Waals surface area contributed by atoms with Gasteiger partial charge in [0.2, 0.25) is 0 Å². The van der Waals surface area contributed by atoms with E-state index >= 15 is 0 Å². The fourth-order valence-corrected chi connectivity index (χ4v) is 8.85. The fourth-order valence-electron chi connectivity index (χ4n) is 8.85. The average Bonchev–Trinajstić information content (AvgIpc) is 3.71. The van der Waals surface area contributed by atoms with Crippen LogP contribution in [0, 0.1) is 5.92 Å². The van der Waals surface area contributed by atoms with E-state index in [9.17, 15) is 0 Å². The van der Waals surface area contributed by atoms with Crippen LogP contribution in [-0.2, 0) is 0 Å². The van der Waals surface area contributed by atoms with E-state index in [0.29, 0.717) is 5.92 Å². The van der Waals surface area contributed by atoms with Gasteiger partial charge in [-0.15, -0.1) is 4.68 Å². The van der Waals surface area contributed by atoms with Gasteiger partial charge in [-0.1, -0.05) is 121 Å². The number of benzene rings is 7. The molecule has 9 aromatic rings. The van der Waals surface area contributed by atoms with Crippen molar-refractivity contribution < 1.29 is 0 Å². The molecule has 0 bridgehead atoms. The van der Waals surface area contributed by atoms with Gasteiger partial charge in [-0.3, -0.25) is 0 Å². The number of nitrogens with zero attached hydrogens (tertiary/aromatic N) is 3. The molecule has 1 unspecified atom stereocenters. The first kappa shape index (κ1) is 30.0. The predicted octanol–water partition coefficient (Wildman–Crippen LogP) is 12.4. The number of allylic oxidation sites excluding steroid dienone is 4. The van der Waals surface area contributed by atoms with E-state index in [-0.39, 0.29) is 0 Å². The summed E-state index contributed by atoms with van der Waals surface area (Å²) in [5.74, 6) is 0.500. The number of hydrogen-bond donors (Lipinski definition) is 0. The van der Waals surface area contributed by atoms with Gasteiger partial charge in [0.05, 0.1) is 16.6 Å². The van der Waals surface area contributed by atoms with E-state index in [4.69, 9.17) is 0 Å². The van der Waals surface area contributed by atoms with Crippen molar-refractivity contribution in [2.45, 2.75) is 13.3 Å². The summed E-state index contributed by atoms with van der Waals surface area (Å²) in [6.45, 7) is 2.33. The predicted molar refractivity (Wildman–Crippen MR) is 223 cm³/mol. The van der Waals surface area contributed by atoms with Gasteiger partial charge in [-0.2, -0.15) is 0 Å². The van der Waals surface area contributed by atoms with Crippen molar-refractivity contribution in [3.05, 3.63) is 199 Å². The molecule has 53 heavy (non-hydrogen) atoms. The lowest BCUT2D eigenvalue weighted by Gasteiger charge is -2.22. The molecule has 0 saturated heterocycles. The summed E-state index contributed by atoms with van der Waals surface area (Å²) in [5, 5.41) is 5.02. The number of aromatic nitrogens is 2. The highest BCUT2D eigenvalue weighted by atomic mass is 15.5. The molecule has 0 N–H and O–H groups in total. The molecule has 1 aliphatic carbocycles. The van der Waals surface area contributed by atoms with E-state index in [1.54, 1.807) is 0 Å². The van der Waals surface area contributed by atoms with Crippen LogP contribution in [0.25, 0.3) is 66.0 Å². The third-order valence-electron chi connectivity index (χ3n) is 11.4.